The number of carbonyl (C=O) groups is 1. The SMILES string of the molecule is CCS(=O)(=O)Nc1c(Cc2cccc(-c3cc(F)cc(F)c3)c2F)n(C(=O)C(C)(C)O)c2ccccc12. The van der Waals surface area contributed by atoms with Crippen LogP contribution in [0.25, 0.3) is 22.0 Å². The summed E-state index contributed by atoms with van der Waals surface area (Å²) in [7, 11) is -3.81. The molecule has 37 heavy (non-hydrogen) atoms. The van der Waals surface area contributed by atoms with E-state index in [1.54, 1.807) is 24.3 Å². The number of halogens is 3. The maximum atomic E-state index is 15.7. The van der Waals surface area contributed by atoms with E-state index in [0.717, 1.165) is 12.1 Å². The maximum Gasteiger partial charge on any atom is 0.262 e. The van der Waals surface area contributed by atoms with Crippen LogP contribution in [-0.2, 0) is 16.4 Å². The first kappa shape index (κ1) is 26.4. The van der Waals surface area contributed by atoms with Gasteiger partial charge in [-0.3, -0.25) is 14.1 Å². The highest BCUT2D eigenvalue weighted by Crippen LogP contribution is 2.36. The number of hydrogen-bond donors (Lipinski definition) is 2. The number of aliphatic hydroxyl groups is 1. The Labute approximate surface area is 212 Å². The zero-order valence-corrected chi connectivity index (χ0v) is 21.2. The summed E-state index contributed by atoms with van der Waals surface area (Å²) < 4.78 is 72.2. The Hall–Kier alpha value is -3.63. The molecule has 0 fully saturated rings. The molecule has 0 bridgehead atoms. The molecule has 1 heterocycles. The van der Waals surface area contributed by atoms with Crippen molar-refractivity contribution in [2.75, 3.05) is 10.5 Å². The molecular weight excluding hydrogens is 505 g/mol. The summed E-state index contributed by atoms with van der Waals surface area (Å²) in [4.78, 5) is 13.3. The van der Waals surface area contributed by atoms with E-state index in [9.17, 15) is 27.1 Å². The van der Waals surface area contributed by atoms with E-state index in [1.807, 2.05) is 0 Å². The highest BCUT2D eigenvalue weighted by atomic mass is 32.2. The van der Waals surface area contributed by atoms with Gasteiger partial charge in [0.05, 0.1) is 22.7 Å². The number of anilines is 1. The quantitative estimate of drug-likeness (QED) is 0.331. The highest BCUT2D eigenvalue weighted by molar-refractivity contribution is 7.92. The molecule has 0 unspecified atom stereocenters. The number of nitrogens with zero attached hydrogens (tertiary/aromatic N) is 1. The number of para-hydroxylation sites is 1. The molecule has 4 aromatic rings. The van der Waals surface area contributed by atoms with Gasteiger partial charge in [-0.2, -0.15) is 0 Å². The summed E-state index contributed by atoms with van der Waals surface area (Å²) in [6.45, 7) is 4.04. The second-order valence-corrected chi connectivity index (χ2v) is 11.2. The fourth-order valence-electron chi connectivity index (χ4n) is 4.14. The van der Waals surface area contributed by atoms with Gasteiger partial charge in [-0.25, -0.2) is 21.6 Å². The smallest absolute Gasteiger partial charge is 0.262 e. The molecule has 6 nitrogen and oxygen atoms in total. The lowest BCUT2D eigenvalue weighted by Crippen LogP contribution is -2.36. The Morgan fingerprint density at radius 1 is 1.00 bits per heavy atom. The Morgan fingerprint density at radius 3 is 2.27 bits per heavy atom. The fraction of sp³-hybridized carbons (Fsp3) is 0.222. The van der Waals surface area contributed by atoms with Gasteiger partial charge in [0.2, 0.25) is 10.0 Å². The maximum absolute atomic E-state index is 15.7. The Balaban J connectivity index is 1.97. The lowest BCUT2D eigenvalue weighted by molar-refractivity contribution is 0.0395. The number of nitrogens with one attached hydrogen (secondary N) is 1. The molecule has 2 N–H and O–H groups in total. The normalized spacial score (nSPS) is 12.2. The van der Waals surface area contributed by atoms with Gasteiger partial charge in [-0.15, -0.1) is 0 Å². The minimum atomic E-state index is -3.81. The molecular formula is C27H25F3N2O4S. The second kappa shape index (κ2) is 9.68. The molecule has 0 aliphatic heterocycles. The van der Waals surface area contributed by atoms with E-state index in [4.69, 9.17) is 0 Å². The van der Waals surface area contributed by atoms with Crippen LogP contribution in [-0.4, -0.2) is 35.4 Å². The largest absolute Gasteiger partial charge is 0.381 e. The summed E-state index contributed by atoms with van der Waals surface area (Å²) in [6, 6.07) is 13.5. The Bertz CT molecular complexity index is 1600. The zero-order chi connectivity index (χ0) is 27.1. The van der Waals surface area contributed by atoms with Gasteiger partial charge < -0.3 is 5.11 Å². The van der Waals surface area contributed by atoms with Gasteiger partial charge in [0.1, 0.15) is 23.1 Å². The number of carbonyl (C=O) groups excluding carboxylic acids is 1. The zero-order valence-electron chi connectivity index (χ0n) is 20.3. The highest BCUT2D eigenvalue weighted by Gasteiger charge is 2.32. The van der Waals surface area contributed by atoms with E-state index >= 15 is 4.39 Å². The van der Waals surface area contributed by atoms with Gasteiger partial charge in [0, 0.05) is 23.4 Å². The lowest BCUT2D eigenvalue weighted by atomic mass is 9.99. The van der Waals surface area contributed by atoms with Crippen molar-refractivity contribution in [3.05, 3.63) is 89.4 Å². The molecule has 0 aliphatic carbocycles. The van der Waals surface area contributed by atoms with Crippen molar-refractivity contribution >= 4 is 32.5 Å². The fourth-order valence-corrected chi connectivity index (χ4v) is 4.82. The van der Waals surface area contributed by atoms with Crippen molar-refractivity contribution in [3.8, 4) is 11.1 Å². The number of rotatable bonds is 7. The van der Waals surface area contributed by atoms with Gasteiger partial charge in [0.25, 0.3) is 5.91 Å². The van der Waals surface area contributed by atoms with Crippen LogP contribution in [0.3, 0.4) is 0 Å². The first-order chi connectivity index (χ1) is 17.3. The summed E-state index contributed by atoms with van der Waals surface area (Å²) in [6.07, 6.45) is -0.268. The van der Waals surface area contributed by atoms with Gasteiger partial charge in [0.15, 0.2) is 0 Å². The molecule has 4 rings (SSSR count). The van der Waals surface area contributed by atoms with Crippen molar-refractivity contribution < 1.29 is 31.5 Å². The minimum absolute atomic E-state index is 0.0168. The van der Waals surface area contributed by atoms with Gasteiger partial charge in [-0.1, -0.05) is 36.4 Å². The third kappa shape index (κ3) is 5.26. The number of aromatic nitrogens is 1. The van der Waals surface area contributed by atoms with E-state index in [0.29, 0.717) is 17.0 Å². The second-order valence-electron chi connectivity index (χ2n) is 9.16. The first-order valence-electron chi connectivity index (χ1n) is 11.5. The number of fused-ring (bicyclic) bond motifs is 1. The third-order valence-corrected chi connectivity index (χ3v) is 7.22. The van der Waals surface area contributed by atoms with E-state index in [1.165, 1.54) is 43.5 Å². The van der Waals surface area contributed by atoms with Crippen molar-refractivity contribution in [2.24, 2.45) is 0 Å². The molecule has 0 radical (unpaired) electrons. The summed E-state index contributed by atoms with van der Waals surface area (Å²) in [5, 5.41) is 10.9. The average Bonchev–Trinajstić information content (AvgIpc) is 3.11. The Kier molecular flexibility index (Phi) is 6.91. The molecule has 0 amide bonds. The first-order valence-corrected chi connectivity index (χ1v) is 13.1. The standard InChI is InChI=1S/C27H25F3N2O4S/c1-4-37(35,36)31-25-21-9-5-6-11-22(21)32(26(33)27(2,3)34)23(25)14-16-8-7-10-20(24(16)30)17-12-18(28)15-19(29)13-17/h5-13,15,31,34H,4,14H2,1-3H3. The molecule has 194 valence electrons. The minimum Gasteiger partial charge on any atom is -0.381 e. The van der Waals surface area contributed by atoms with Gasteiger partial charge >= 0.3 is 0 Å². The summed E-state index contributed by atoms with van der Waals surface area (Å²) in [5.74, 6) is -3.52. The van der Waals surface area contributed by atoms with E-state index in [2.05, 4.69) is 4.72 Å². The third-order valence-electron chi connectivity index (χ3n) is 5.95. The molecule has 0 atom stereocenters. The van der Waals surface area contributed by atoms with Crippen LogP contribution < -0.4 is 4.72 Å². The monoisotopic (exact) mass is 530 g/mol. The molecule has 3 aromatic carbocycles. The van der Waals surface area contributed by atoms with Gasteiger partial charge in [-0.05, 0) is 50.1 Å². The topological polar surface area (TPSA) is 88.4 Å². The molecule has 0 saturated carbocycles. The van der Waals surface area contributed by atoms with Crippen LogP contribution in [0.4, 0.5) is 18.9 Å². The average molecular weight is 531 g/mol. The number of sulfonamides is 1. The van der Waals surface area contributed by atoms with Crippen LogP contribution in [0.1, 0.15) is 36.8 Å². The van der Waals surface area contributed by atoms with E-state index < -0.39 is 39.0 Å². The predicted octanol–water partition coefficient (Wildman–Crippen LogP) is 5.49. The van der Waals surface area contributed by atoms with Crippen LogP contribution >= 0.6 is 0 Å². The van der Waals surface area contributed by atoms with Crippen molar-refractivity contribution in [3.63, 3.8) is 0 Å². The predicted molar refractivity (Wildman–Crippen MR) is 137 cm³/mol. The van der Waals surface area contributed by atoms with Crippen molar-refractivity contribution in [1.82, 2.24) is 4.57 Å². The van der Waals surface area contributed by atoms with Crippen LogP contribution in [0, 0.1) is 17.5 Å². The number of hydrogen-bond acceptors (Lipinski definition) is 4. The van der Waals surface area contributed by atoms with Crippen LogP contribution in [0.5, 0.6) is 0 Å². The summed E-state index contributed by atoms with van der Waals surface area (Å²) >= 11 is 0. The Morgan fingerprint density at radius 2 is 1.65 bits per heavy atom. The molecule has 0 aliphatic rings. The van der Waals surface area contributed by atoms with Crippen LogP contribution in [0.2, 0.25) is 0 Å². The number of benzene rings is 3. The molecule has 1 aromatic heterocycles. The molecule has 0 saturated heterocycles. The van der Waals surface area contributed by atoms with E-state index in [-0.39, 0.29) is 40.2 Å². The molecule has 0 spiro atoms. The lowest BCUT2D eigenvalue weighted by Gasteiger charge is -2.20. The summed E-state index contributed by atoms with van der Waals surface area (Å²) in [5.41, 5.74) is -1.37. The van der Waals surface area contributed by atoms with Crippen molar-refractivity contribution in [1.29, 1.82) is 0 Å². The van der Waals surface area contributed by atoms with Crippen molar-refractivity contribution in [2.45, 2.75) is 32.8 Å². The molecule has 10 heteroatoms. The van der Waals surface area contributed by atoms with Crippen LogP contribution in [0.15, 0.2) is 60.7 Å².